The maximum Gasteiger partial charge on any atom is 0.417 e. The lowest BCUT2D eigenvalue weighted by Gasteiger charge is -2.15. The number of benzene rings is 2. The third kappa shape index (κ3) is 4.40. The Morgan fingerprint density at radius 2 is 1.71 bits per heavy atom. The van der Waals surface area contributed by atoms with Crippen molar-refractivity contribution >= 4 is 38.9 Å². The number of rotatable bonds is 4. The Bertz CT molecular complexity index is 1120. The second-order valence-corrected chi connectivity index (χ2v) is 8.18. The molecule has 2 aromatic carbocycles. The molecule has 3 rings (SSSR count). The minimum Gasteiger partial charge on any atom is -0.279 e. The van der Waals surface area contributed by atoms with Crippen molar-refractivity contribution in [3.63, 3.8) is 0 Å². The van der Waals surface area contributed by atoms with Crippen LogP contribution < -0.4 is 4.72 Å². The Kier molecular flexibility index (Phi) is 5.56. The third-order valence-corrected chi connectivity index (χ3v) is 5.65. The summed E-state index contributed by atoms with van der Waals surface area (Å²) in [4.78, 5) is 3.57. The van der Waals surface area contributed by atoms with Gasteiger partial charge in [0, 0.05) is 16.8 Å². The topological polar surface area (TPSA) is 59.1 Å². The molecular formula is C18H11Cl2F3N2O2S. The molecule has 10 heteroatoms. The highest BCUT2D eigenvalue weighted by Crippen LogP contribution is 2.37. The van der Waals surface area contributed by atoms with Gasteiger partial charge in [-0.25, -0.2) is 8.42 Å². The molecule has 0 aliphatic heterocycles. The van der Waals surface area contributed by atoms with Gasteiger partial charge in [0.2, 0.25) is 0 Å². The fourth-order valence-electron chi connectivity index (χ4n) is 2.44. The van der Waals surface area contributed by atoms with Crippen molar-refractivity contribution in [2.45, 2.75) is 11.1 Å². The molecule has 0 saturated carbocycles. The number of aromatic nitrogens is 1. The largest absolute Gasteiger partial charge is 0.417 e. The first-order chi connectivity index (χ1) is 13.1. The summed E-state index contributed by atoms with van der Waals surface area (Å²) in [5.41, 5.74) is -0.287. The van der Waals surface area contributed by atoms with E-state index in [0.717, 1.165) is 12.1 Å². The highest BCUT2D eigenvalue weighted by molar-refractivity contribution is 7.92. The second-order valence-electron chi connectivity index (χ2n) is 5.65. The number of sulfonamides is 1. The Morgan fingerprint density at radius 3 is 2.36 bits per heavy atom. The molecule has 3 aromatic rings. The van der Waals surface area contributed by atoms with Crippen molar-refractivity contribution in [1.82, 2.24) is 4.98 Å². The Labute approximate surface area is 169 Å². The summed E-state index contributed by atoms with van der Waals surface area (Å²) in [5.74, 6) is 0. The summed E-state index contributed by atoms with van der Waals surface area (Å²) < 4.78 is 66.9. The van der Waals surface area contributed by atoms with Gasteiger partial charge in [-0.05, 0) is 48.5 Å². The lowest BCUT2D eigenvalue weighted by molar-refractivity contribution is -0.137. The molecule has 0 bridgehead atoms. The summed E-state index contributed by atoms with van der Waals surface area (Å²) >= 11 is 11.5. The summed E-state index contributed by atoms with van der Waals surface area (Å²) in [7, 11) is -4.36. The maximum atomic E-state index is 13.1. The van der Waals surface area contributed by atoms with Gasteiger partial charge in [-0.3, -0.25) is 9.71 Å². The van der Waals surface area contributed by atoms with Crippen molar-refractivity contribution in [2.24, 2.45) is 0 Å². The first kappa shape index (κ1) is 20.4. The first-order valence-corrected chi connectivity index (χ1v) is 9.92. The SMILES string of the molecule is O=S(=O)(Nc1cc(Cl)ccc1-c1ccccn1)c1ccc(Cl)c(C(F)(F)F)c1. The first-order valence-electron chi connectivity index (χ1n) is 7.68. The number of anilines is 1. The lowest BCUT2D eigenvalue weighted by atomic mass is 10.1. The number of alkyl halides is 3. The van der Waals surface area contributed by atoms with E-state index in [0.29, 0.717) is 17.3 Å². The molecule has 1 aromatic heterocycles. The lowest BCUT2D eigenvalue weighted by Crippen LogP contribution is -2.15. The number of hydrogen-bond acceptors (Lipinski definition) is 3. The standard InChI is InChI=1S/C18H11Cl2F3N2O2S/c19-11-4-6-13(16-3-1-2-8-24-16)17(9-11)25-28(26,27)12-5-7-15(20)14(10-12)18(21,22)23/h1-10,25H. The van der Waals surface area contributed by atoms with E-state index in [1.807, 2.05) is 0 Å². The van der Waals surface area contributed by atoms with Crippen LogP contribution in [0, 0.1) is 0 Å². The molecule has 0 amide bonds. The van der Waals surface area contributed by atoms with E-state index in [1.165, 1.54) is 12.3 Å². The third-order valence-electron chi connectivity index (χ3n) is 3.72. The average Bonchev–Trinajstić information content (AvgIpc) is 2.61. The van der Waals surface area contributed by atoms with E-state index >= 15 is 0 Å². The zero-order valence-electron chi connectivity index (χ0n) is 13.8. The molecule has 1 N–H and O–H groups in total. The average molecular weight is 447 g/mol. The second kappa shape index (κ2) is 7.62. The quantitative estimate of drug-likeness (QED) is 0.544. The molecule has 28 heavy (non-hydrogen) atoms. The van der Waals surface area contributed by atoms with Gasteiger partial charge in [-0.15, -0.1) is 0 Å². The number of halogens is 5. The summed E-state index contributed by atoms with van der Waals surface area (Å²) in [6, 6.07) is 11.9. The van der Waals surface area contributed by atoms with Gasteiger partial charge in [0.25, 0.3) is 10.0 Å². The molecule has 0 atom stereocenters. The molecule has 0 unspecified atom stereocenters. The minimum atomic E-state index is -4.79. The van der Waals surface area contributed by atoms with Gasteiger partial charge in [-0.2, -0.15) is 13.2 Å². The van der Waals surface area contributed by atoms with Gasteiger partial charge < -0.3 is 0 Å². The van der Waals surface area contributed by atoms with E-state index in [1.54, 1.807) is 30.3 Å². The summed E-state index contributed by atoms with van der Waals surface area (Å²) in [6.45, 7) is 0. The van der Waals surface area contributed by atoms with Crippen molar-refractivity contribution in [1.29, 1.82) is 0 Å². The summed E-state index contributed by atoms with van der Waals surface area (Å²) in [5, 5.41) is -0.354. The molecule has 0 aliphatic rings. The van der Waals surface area contributed by atoms with Crippen LogP contribution in [0.25, 0.3) is 11.3 Å². The zero-order chi connectivity index (χ0) is 20.5. The number of nitrogens with zero attached hydrogens (tertiary/aromatic N) is 1. The van der Waals surface area contributed by atoms with E-state index in [2.05, 4.69) is 9.71 Å². The van der Waals surface area contributed by atoms with Gasteiger partial charge in [0.1, 0.15) is 0 Å². The smallest absolute Gasteiger partial charge is 0.279 e. The molecule has 0 aliphatic carbocycles. The normalized spacial score (nSPS) is 12.0. The van der Waals surface area contributed by atoms with E-state index in [-0.39, 0.29) is 10.7 Å². The van der Waals surface area contributed by atoms with Crippen molar-refractivity contribution < 1.29 is 21.6 Å². The predicted molar refractivity (Wildman–Crippen MR) is 102 cm³/mol. The highest BCUT2D eigenvalue weighted by atomic mass is 35.5. The van der Waals surface area contributed by atoms with Crippen LogP contribution in [0.2, 0.25) is 10.0 Å². The van der Waals surface area contributed by atoms with Gasteiger partial charge in [-0.1, -0.05) is 29.3 Å². The van der Waals surface area contributed by atoms with Crippen LogP contribution in [0.4, 0.5) is 18.9 Å². The fourth-order valence-corrected chi connectivity index (χ4v) is 3.93. The van der Waals surface area contributed by atoms with Crippen LogP contribution in [0.5, 0.6) is 0 Å². The number of nitrogens with one attached hydrogen (secondary N) is 1. The Balaban J connectivity index is 2.06. The molecule has 0 saturated heterocycles. The molecule has 1 heterocycles. The highest BCUT2D eigenvalue weighted by Gasteiger charge is 2.34. The number of pyridine rings is 1. The van der Waals surface area contributed by atoms with E-state index in [4.69, 9.17) is 23.2 Å². The van der Waals surface area contributed by atoms with Crippen LogP contribution >= 0.6 is 23.2 Å². The van der Waals surface area contributed by atoms with Crippen molar-refractivity contribution in [3.05, 3.63) is 76.4 Å². The molecule has 146 valence electrons. The van der Waals surface area contributed by atoms with E-state index in [9.17, 15) is 21.6 Å². The van der Waals surface area contributed by atoms with Crippen molar-refractivity contribution in [3.8, 4) is 11.3 Å². The Morgan fingerprint density at radius 1 is 0.964 bits per heavy atom. The molecule has 0 spiro atoms. The predicted octanol–water partition coefficient (Wildman–Crippen LogP) is 5.88. The van der Waals surface area contributed by atoms with Crippen molar-refractivity contribution in [2.75, 3.05) is 4.72 Å². The summed E-state index contributed by atoms with van der Waals surface area (Å²) in [6.07, 6.45) is -3.27. The van der Waals surface area contributed by atoms with Crippen LogP contribution in [0.15, 0.2) is 65.7 Å². The monoisotopic (exact) mass is 446 g/mol. The molecule has 0 radical (unpaired) electrons. The van der Waals surface area contributed by atoms with Crippen LogP contribution in [-0.2, 0) is 16.2 Å². The van der Waals surface area contributed by atoms with Gasteiger partial charge in [0.15, 0.2) is 0 Å². The minimum absolute atomic E-state index is 0.0784. The fraction of sp³-hybridized carbons (Fsp3) is 0.0556. The molecule has 0 fully saturated rings. The van der Waals surface area contributed by atoms with Crippen LogP contribution in [0.3, 0.4) is 0 Å². The molecular weight excluding hydrogens is 436 g/mol. The molecule has 4 nitrogen and oxygen atoms in total. The number of hydrogen-bond donors (Lipinski definition) is 1. The van der Waals surface area contributed by atoms with Crippen LogP contribution in [0.1, 0.15) is 5.56 Å². The van der Waals surface area contributed by atoms with Gasteiger partial charge in [0.05, 0.1) is 26.9 Å². The van der Waals surface area contributed by atoms with Crippen LogP contribution in [-0.4, -0.2) is 13.4 Å². The zero-order valence-corrected chi connectivity index (χ0v) is 16.2. The van der Waals surface area contributed by atoms with Gasteiger partial charge >= 0.3 is 6.18 Å². The van der Waals surface area contributed by atoms with E-state index < -0.39 is 31.7 Å². The Hall–Kier alpha value is -2.29. The maximum absolute atomic E-state index is 13.1.